The standard InChI is InChI=1S/C10H18N4O/c1-10(4-3-5-11-10)9-13-12-8-14(9)6-7-15-2/h8,11H,3-7H2,1-2H3. The van der Waals surface area contributed by atoms with Gasteiger partial charge in [0.25, 0.3) is 0 Å². The fourth-order valence-corrected chi connectivity index (χ4v) is 2.12. The Morgan fingerprint density at radius 3 is 3.20 bits per heavy atom. The number of methoxy groups -OCH3 is 1. The van der Waals surface area contributed by atoms with Gasteiger partial charge in [0.05, 0.1) is 12.1 Å². The van der Waals surface area contributed by atoms with Gasteiger partial charge >= 0.3 is 0 Å². The summed E-state index contributed by atoms with van der Waals surface area (Å²) in [6.45, 7) is 4.76. The van der Waals surface area contributed by atoms with Crippen molar-refractivity contribution >= 4 is 0 Å². The Labute approximate surface area is 89.8 Å². The van der Waals surface area contributed by atoms with Gasteiger partial charge in [-0.05, 0) is 26.3 Å². The maximum absolute atomic E-state index is 5.07. The smallest absolute Gasteiger partial charge is 0.152 e. The first-order valence-electron chi connectivity index (χ1n) is 5.38. The summed E-state index contributed by atoms with van der Waals surface area (Å²) in [5, 5.41) is 11.7. The molecule has 2 rings (SSSR count). The Balaban J connectivity index is 2.16. The summed E-state index contributed by atoms with van der Waals surface area (Å²) in [4.78, 5) is 0. The SMILES string of the molecule is COCCn1cnnc1C1(C)CCCN1. The van der Waals surface area contributed by atoms with Crippen LogP contribution in [0.3, 0.4) is 0 Å². The Hall–Kier alpha value is -0.940. The van der Waals surface area contributed by atoms with Gasteiger partial charge in [-0.15, -0.1) is 10.2 Å². The van der Waals surface area contributed by atoms with E-state index in [4.69, 9.17) is 4.74 Å². The van der Waals surface area contributed by atoms with Crippen molar-refractivity contribution in [2.24, 2.45) is 0 Å². The highest BCUT2D eigenvalue weighted by atomic mass is 16.5. The van der Waals surface area contributed by atoms with Crippen LogP contribution in [0.15, 0.2) is 6.33 Å². The predicted molar refractivity (Wildman–Crippen MR) is 56.5 cm³/mol. The van der Waals surface area contributed by atoms with Crippen molar-refractivity contribution in [1.29, 1.82) is 0 Å². The number of nitrogens with zero attached hydrogens (tertiary/aromatic N) is 3. The third kappa shape index (κ3) is 2.03. The van der Waals surface area contributed by atoms with Gasteiger partial charge < -0.3 is 14.6 Å². The molecule has 2 heterocycles. The summed E-state index contributed by atoms with van der Waals surface area (Å²) in [6, 6.07) is 0. The number of aromatic nitrogens is 3. The molecule has 1 atom stereocenters. The monoisotopic (exact) mass is 210 g/mol. The van der Waals surface area contributed by atoms with Crippen molar-refractivity contribution < 1.29 is 4.74 Å². The first-order valence-corrected chi connectivity index (χ1v) is 5.38. The van der Waals surface area contributed by atoms with Crippen LogP contribution in [0, 0.1) is 0 Å². The molecule has 1 fully saturated rings. The molecule has 0 amide bonds. The zero-order chi connectivity index (χ0) is 10.7. The van der Waals surface area contributed by atoms with Gasteiger partial charge in [0.1, 0.15) is 6.33 Å². The lowest BCUT2D eigenvalue weighted by molar-refractivity contribution is 0.184. The average molecular weight is 210 g/mol. The summed E-state index contributed by atoms with van der Waals surface area (Å²) in [5.74, 6) is 1.03. The second kappa shape index (κ2) is 4.28. The highest BCUT2D eigenvalue weighted by molar-refractivity contribution is 5.07. The maximum atomic E-state index is 5.07. The molecule has 1 aromatic heterocycles. The molecule has 15 heavy (non-hydrogen) atoms. The molecule has 0 aliphatic carbocycles. The Bertz CT molecular complexity index is 317. The quantitative estimate of drug-likeness (QED) is 0.787. The number of hydrogen-bond donors (Lipinski definition) is 1. The van der Waals surface area contributed by atoms with Crippen LogP contribution >= 0.6 is 0 Å². The molecule has 5 heteroatoms. The van der Waals surface area contributed by atoms with E-state index in [0.29, 0.717) is 6.61 Å². The van der Waals surface area contributed by atoms with Gasteiger partial charge in [0, 0.05) is 13.7 Å². The van der Waals surface area contributed by atoms with E-state index in [1.165, 1.54) is 6.42 Å². The van der Waals surface area contributed by atoms with E-state index in [1.807, 2.05) is 0 Å². The molecule has 1 aromatic rings. The molecule has 84 valence electrons. The van der Waals surface area contributed by atoms with E-state index < -0.39 is 0 Å². The molecule has 0 aromatic carbocycles. The molecule has 5 nitrogen and oxygen atoms in total. The van der Waals surface area contributed by atoms with Crippen molar-refractivity contribution in [1.82, 2.24) is 20.1 Å². The molecule has 1 saturated heterocycles. The molecule has 0 spiro atoms. The lowest BCUT2D eigenvalue weighted by Gasteiger charge is -2.23. The molecule has 1 unspecified atom stereocenters. The zero-order valence-electron chi connectivity index (χ0n) is 9.36. The van der Waals surface area contributed by atoms with Crippen molar-refractivity contribution in [3.8, 4) is 0 Å². The van der Waals surface area contributed by atoms with Gasteiger partial charge in [-0.1, -0.05) is 0 Å². The van der Waals surface area contributed by atoms with Crippen molar-refractivity contribution in [2.45, 2.75) is 31.8 Å². The molecule has 1 N–H and O–H groups in total. The minimum Gasteiger partial charge on any atom is -0.383 e. The second-order valence-electron chi connectivity index (χ2n) is 4.20. The summed E-state index contributed by atoms with van der Waals surface area (Å²) < 4.78 is 7.14. The fourth-order valence-electron chi connectivity index (χ4n) is 2.12. The van der Waals surface area contributed by atoms with Gasteiger partial charge in [-0.25, -0.2) is 0 Å². The van der Waals surface area contributed by atoms with E-state index >= 15 is 0 Å². The van der Waals surface area contributed by atoms with Gasteiger partial charge in [0.15, 0.2) is 5.82 Å². The number of ether oxygens (including phenoxy) is 1. The van der Waals surface area contributed by atoms with Crippen molar-refractivity contribution in [3.05, 3.63) is 12.2 Å². The third-order valence-electron chi connectivity index (χ3n) is 3.01. The van der Waals surface area contributed by atoms with Crippen LogP contribution in [0.5, 0.6) is 0 Å². The van der Waals surface area contributed by atoms with Crippen LogP contribution in [0.2, 0.25) is 0 Å². The molecule has 1 aliphatic rings. The second-order valence-corrected chi connectivity index (χ2v) is 4.20. The van der Waals surface area contributed by atoms with Crippen LogP contribution in [0.1, 0.15) is 25.6 Å². The highest BCUT2D eigenvalue weighted by Gasteiger charge is 2.34. The molecule has 0 saturated carbocycles. The average Bonchev–Trinajstić information content (AvgIpc) is 2.84. The van der Waals surface area contributed by atoms with Crippen LogP contribution in [-0.2, 0) is 16.8 Å². The van der Waals surface area contributed by atoms with E-state index in [9.17, 15) is 0 Å². The Morgan fingerprint density at radius 2 is 2.53 bits per heavy atom. The lowest BCUT2D eigenvalue weighted by Crippen LogP contribution is -2.36. The minimum absolute atomic E-state index is 0.00968. The first-order chi connectivity index (χ1) is 7.26. The summed E-state index contributed by atoms with van der Waals surface area (Å²) in [6.07, 6.45) is 4.10. The number of hydrogen-bond acceptors (Lipinski definition) is 4. The topological polar surface area (TPSA) is 52.0 Å². The van der Waals surface area contributed by atoms with Crippen LogP contribution in [0.25, 0.3) is 0 Å². The Morgan fingerprint density at radius 1 is 1.67 bits per heavy atom. The third-order valence-corrected chi connectivity index (χ3v) is 3.01. The Kier molecular flexibility index (Phi) is 3.02. The molecular formula is C10H18N4O. The first kappa shape index (κ1) is 10.6. The minimum atomic E-state index is -0.00968. The summed E-state index contributed by atoms with van der Waals surface area (Å²) in [7, 11) is 1.71. The molecule has 1 aliphatic heterocycles. The predicted octanol–water partition coefficient (Wildman–Crippen LogP) is 0.523. The van der Waals surface area contributed by atoms with Crippen LogP contribution in [-0.4, -0.2) is 35.0 Å². The summed E-state index contributed by atoms with van der Waals surface area (Å²) in [5.41, 5.74) is -0.00968. The van der Waals surface area contributed by atoms with Crippen LogP contribution in [0.4, 0.5) is 0 Å². The molecule has 0 bridgehead atoms. The van der Waals surface area contributed by atoms with Gasteiger partial charge in [0.2, 0.25) is 0 Å². The largest absolute Gasteiger partial charge is 0.383 e. The van der Waals surface area contributed by atoms with Gasteiger partial charge in [-0.2, -0.15) is 0 Å². The van der Waals surface area contributed by atoms with Crippen molar-refractivity contribution in [3.63, 3.8) is 0 Å². The van der Waals surface area contributed by atoms with E-state index in [2.05, 4.69) is 27.0 Å². The van der Waals surface area contributed by atoms with E-state index in [-0.39, 0.29) is 5.54 Å². The van der Waals surface area contributed by atoms with Crippen LogP contribution < -0.4 is 5.32 Å². The number of nitrogens with one attached hydrogen (secondary N) is 1. The van der Waals surface area contributed by atoms with Gasteiger partial charge in [-0.3, -0.25) is 0 Å². The fraction of sp³-hybridized carbons (Fsp3) is 0.800. The van der Waals surface area contributed by atoms with Crippen molar-refractivity contribution in [2.75, 3.05) is 20.3 Å². The van der Waals surface area contributed by atoms with E-state index in [0.717, 1.165) is 25.3 Å². The summed E-state index contributed by atoms with van der Waals surface area (Å²) >= 11 is 0. The number of rotatable bonds is 4. The maximum Gasteiger partial charge on any atom is 0.152 e. The lowest BCUT2D eigenvalue weighted by atomic mass is 9.99. The molecule has 0 radical (unpaired) electrons. The normalized spacial score (nSPS) is 26.0. The molecular weight excluding hydrogens is 192 g/mol. The highest BCUT2D eigenvalue weighted by Crippen LogP contribution is 2.28. The zero-order valence-corrected chi connectivity index (χ0v) is 9.36. The van der Waals surface area contributed by atoms with E-state index in [1.54, 1.807) is 13.4 Å².